The van der Waals surface area contributed by atoms with Crippen molar-refractivity contribution in [3.63, 3.8) is 0 Å². The minimum atomic E-state index is -1.11. The van der Waals surface area contributed by atoms with Gasteiger partial charge in [0.2, 0.25) is 5.91 Å². The number of hydrogen-bond donors (Lipinski definition) is 4. The van der Waals surface area contributed by atoms with E-state index in [1.807, 2.05) is 6.08 Å². The molecule has 0 fully saturated rings. The van der Waals surface area contributed by atoms with Gasteiger partial charge in [0.15, 0.2) is 0 Å². The van der Waals surface area contributed by atoms with E-state index in [9.17, 15) is 20.1 Å². The van der Waals surface area contributed by atoms with E-state index in [1.54, 1.807) is 6.08 Å². The van der Waals surface area contributed by atoms with Gasteiger partial charge in [-0.25, -0.2) is 0 Å². The van der Waals surface area contributed by atoms with Crippen LogP contribution in [-0.4, -0.2) is 46.1 Å². The zero-order valence-corrected chi connectivity index (χ0v) is 36.1. The van der Waals surface area contributed by atoms with Crippen LogP contribution in [0.3, 0.4) is 0 Å². The molecule has 0 spiro atoms. The van der Waals surface area contributed by atoms with Crippen LogP contribution in [0.4, 0.5) is 0 Å². The van der Waals surface area contributed by atoms with Crippen LogP contribution in [0, 0.1) is 0 Å². The van der Waals surface area contributed by atoms with E-state index in [1.165, 1.54) is 173 Å². The fourth-order valence-corrected chi connectivity index (χ4v) is 7.20. The summed E-state index contributed by atoms with van der Waals surface area (Å²) in [4.78, 5) is 12.5. The monoisotopic (exact) mass is 760 g/mol. The van der Waals surface area contributed by atoms with Gasteiger partial charge >= 0.3 is 0 Å². The smallest absolute Gasteiger partial charge is 0.249 e. The van der Waals surface area contributed by atoms with Crippen molar-refractivity contribution in [2.24, 2.45) is 0 Å². The first-order valence-corrected chi connectivity index (χ1v) is 23.8. The number of aliphatic hydroxyl groups excluding tert-OH is 3. The summed E-state index contributed by atoms with van der Waals surface area (Å²) in [5.41, 5.74) is 0. The van der Waals surface area contributed by atoms with Gasteiger partial charge in [-0.2, -0.15) is 0 Å². The molecule has 3 atom stereocenters. The van der Waals surface area contributed by atoms with E-state index in [4.69, 9.17) is 0 Å². The average Bonchev–Trinajstić information content (AvgIpc) is 3.18. The maximum atomic E-state index is 12.5. The second-order valence-corrected chi connectivity index (χ2v) is 16.3. The van der Waals surface area contributed by atoms with Gasteiger partial charge in [-0.15, -0.1) is 0 Å². The number of unbranched alkanes of at least 4 members (excludes halogenated alkanes) is 31. The summed E-state index contributed by atoms with van der Waals surface area (Å²) in [5, 5.41) is 33.2. The predicted molar refractivity (Wildman–Crippen MR) is 236 cm³/mol. The van der Waals surface area contributed by atoms with Crippen molar-refractivity contribution in [2.45, 2.75) is 263 Å². The van der Waals surface area contributed by atoms with E-state index in [0.29, 0.717) is 6.42 Å². The third kappa shape index (κ3) is 38.8. The zero-order valence-electron chi connectivity index (χ0n) is 36.1. The summed E-state index contributed by atoms with van der Waals surface area (Å²) in [6.45, 7) is 4.18. The maximum Gasteiger partial charge on any atom is 0.249 e. The number of hydrogen-bond acceptors (Lipinski definition) is 4. The molecule has 0 aromatic rings. The van der Waals surface area contributed by atoms with Crippen LogP contribution in [0.5, 0.6) is 0 Å². The van der Waals surface area contributed by atoms with Crippen LogP contribution < -0.4 is 5.32 Å². The summed E-state index contributed by atoms with van der Waals surface area (Å²) in [7, 11) is 0. The largest absolute Gasteiger partial charge is 0.394 e. The molecule has 1 amide bonds. The van der Waals surface area contributed by atoms with Crippen molar-refractivity contribution in [1.82, 2.24) is 5.32 Å². The Morgan fingerprint density at radius 2 is 0.759 bits per heavy atom. The number of aliphatic hydroxyl groups is 3. The maximum absolute atomic E-state index is 12.5. The molecule has 318 valence electrons. The van der Waals surface area contributed by atoms with Crippen molar-refractivity contribution < 1.29 is 20.1 Å². The van der Waals surface area contributed by atoms with Crippen molar-refractivity contribution in [2.75, 3.05) is 6.61 Å². The molecule has 0 aliphatic carbocycles. The number of carbonyl (C=O) groups excluding carboxylic acids is 1. The van der Waals surface area contributed by atoms with Gasteiger partial charge < -0.3 is 20.6 Å². The number of amides is 1. The summed E-state index contributed by atoms with van der Waals surface area (Å²) >= 11 is 0. The third-order valence-electron chi connectivity index (χ3n) is 11.0. The first-order valence-electron chi connectivity index (χ1n) is 23.8. The molecule has 5 nitrogen and oxygen atoms in total. The van der Waals surface area contributed by atoms with Crippen molar-refractivity contribution >= 4 is 5.91 Å². The Hall–Kier alpha value is -1.43. The Balaban J connectivity index is 3.69. The van der Waals surface area contributed by atoms with Crippen molar-refractivity contribution in [1.29, 1.82) is 0 Å². The second-order valence-electron chi connectivity index (χ2n) is 16.3. The van der Waals surface area contributed by atoms with Gasteiger partial charge in [0.25, 0.3) is 0 Å². The lowest BCUT2D eigenvalue weighted by Gasteiger charge is -2.21. The molecule has 0 heterocycles. The fraction of sp³-hybridized carbons (Fsp3) is 0.857. The highest BCUT2D eigenvalue weighted by Crippen LogP contribution is 2.15. The van der Waals surface area contributed by atoms with Crippen LogP contribution in [0.2, 0.25) is 0 Å². The lowest BCUT2D eigenvalue weighted by atomic mass is 10.0. The van der Waals surface area contributed by atoms with Gasteiger partial charge in [-0.1, -0.05) is 224 Å². The zero-order chi connectivity index (χ0) is 39.4. The van der Waals surface area contributed by atoms with Gasteiger partial charge in [0.05, 0.1) is 18.8 Å². The first kappa shape index (κ1) is 52.6. The topological polar surface area (TPSA) is 89.8 Å². The standard InChI is InChI=1S/C49H93NO4/c1-3-5-7-9-11-13-15-17-19-21-22-23-24-25-26-28-29-31-33-35-37-39-41-43-47(52)46(45-51)50-49(54)48(53)44-42-40-38-36-34-32-30-27-20-18-16-14-12-10-8-6-4-2/h30,32-33,35,41,43,46-48,51-53H,3-29,31,34,36-40,42,44-45H2,1-2H3,(H,50,54)/b32-30-,35-33+,43-41+. The van der Waals surface area contributed by atoms with Gasteiger partial charge in [-0.05, 0) is 57.8 Å². The molecule has 0 radical (unpaired) electrons. The summed E-state index contributed by atoms with van der Waals surface area (Å²) in [6, 6.07) is -0.819. The fourth-order valence-electron chi connectivity index (χ4n) is 7.20. The Kier molecular flexibility index (Phi) is 43.1. The normalized spacial score (nSPS) is 13.8. The third-order valence-corrected chi connectivity index (χ3v) is 11.0. The SMILES string of the molecule is CCCCCCCCCCC/C=C\CCCCCCC(O)C(=O)NC(CO)C(O)/C=C/CC/C=C/CCCCCCCCCCCCCCCCCCC. The predicted octanol–water partition coefficient (Wildman–Crippen LogP) is 13.9. The molecule has 0 saturated heterocycles. The van der Waals surface area contributed by atoms with E-state index in [0.717, 1.165) is 51.4 Å². The average molecular weight is 760 g/mol. The van der Waals surface area contributed by atoms with Crippen molar-refractivity contribution in [3.8, 4) is 0 Å². The summed E-state index contributed by atoms with van der Waals surface area (Å²) < 4.78 is 0. The molecular weight excluding hydrogens is 667 g/mol. The molecule has 4 N–H and O–H groups in total. The molecule has 0 aromatic heterocycles. The Labute approximate surface area is 336 Å². The minimum absolute atomic E-state index is 0.379. The summed E-state index contributed by atoms with van der Waals surface area (Å²) in [6.07, 6.45) is 56.2. The Morgan fingerprint density at radius 1 is 0.444 bits per heavy atom. The molecule has 3 unspecified atom stereocenters. The molecular formula is C49H93NO4. The highest BCUT2D eigenvalue weighted by molar-refractivity contribution is 5.80. The highest BCUT2D eigenvalue weighted by Gasteiger charge is 2.22. The molecule has 0 rings (SSSR count). The molecule has 54 heavy (non-hydrogen) atoms. The van der Waals surface area contributed by atoms with Gasteiger partial charge in [0, 0.05) is 0 Å². The lowest BCUT2D eigenvalue weighted by molar-refractivity contribution is -0.131. The number of carbonyl (C=O) groups is 1. The Morgan fingerprint density at radius 3 is 1.13 bits per heavy atom. The van der Waals surface area contributed by atoms with Crippen LogP contribution >= 0.6 is 0 Å². The number of rotatable bonds is 43. The lowest BCUT2D eigenvalue weighted by Crippen LogP contribution is -2.48. The van der Waals surface area contributed by atoms with E-state index >= 15 is 0 Å². The van der Waals surface area contributed by atoms with Crippen molar-refractivity contribution in [3.05, 3.63) is 36.5 Å². The second kappa shape index (κ2) is 44.3. The number of allylic oxidation sites excluding steroid dienone is 5. The molecule has 0 bridgehead atoms. The van der Waals surface area contributed by atoms with E-state index in [2.05, 4.69) is 43.5 Å². The van der Waals surface area contributed by atoms with Crippen LogP contribution in [0.15, 0.2) is 36.5 Å². The van der Waals surface area contributed by atoms with Crippen LogP contribution in [-0.2, 0) is 4.79 Å². The number of nitrogens with one attached hydrogen (secondary N) is 1. The highest BCUT2D eigenvalue weighted by atomic mass is 16.3. The van der Waals surface area contributed by atoms with Gasteiger partial charge in [-0.3, -0.25) is 4.79 Å². The molecule has 0 aliphatic rings. The summed E-state index contributed by atoms with van der Waals surface area (Å²) in [5.74, 6) is -0.520. The van der Waals surface area contributed by atoms with E-state index in [-0.39, 0.29) is 6.61 Å². The van der Waals surface area contributed by atoms with E-state index < -0.39 is 24.2 Å². The molecule has 0 aliphatic heterocycles. The van der Waals surface area contributed by atoms with Crippen LogP contribution in [0.1, 0.15) is 245 Å². The molecule has 0 saturated carbocycles. The Bertz CT molecular complexity index is 840. The quantitative estimate of drug-likeness (QED) is 0.0368. The molecule has 0 aromatic carbocycles. The first-order chi connectivity index (χ1) is 26.6. The van der Waals surface area contributed by atoms with Crippen LogP contribution in [0.25, 0.3) is 0 Å². The molecule has 5 heteroatoms. The van der Waals surface area contributed by atoms with Gasteiger partial charge in [0.1, 0.15) is 6.10 Å². The minimum Gasteiger partial charge on any atom is -0.394 e.